The molecule has 1 aromatic carbocycles. The van der Waals surface area contributed by atoms with E-state index >= 15 is 0 Å². The number of imidazole rings is 1. The fraction of sp³-hybridized carbons (Fsp3) is 0.308. The first-order valence-electron chi connectivity index (χ1n) is 11.7. The maximum Gasteiger partial charge on any atom is 0.223 e. The number of hydrogen-bond acceptors (Lipinski definition) is 7. The Morgan fingerprint density at radius 1 is 1.14 bits per heavy atom. The van der Waals surface area contributed by atoms with Crippen molar-refractivity contribution in [2.45, 2.75) is 31.8 Å². The van der Waals surface area contributed by atoms with Gasteiger partial charge in [0.2, 0.25) is 5.95 Å². The predicted molar refractivity (Wildman–Crippen MR) is 139 cm³/mol. The second-order valence-corrected chi connectivity index (χ2v) is 9.38. The van der Waals surface area contributed by atoms with E-state index in [1.165, 1.54) is 0 Å². The molecule has 178 valence electrons. The molecule has 4 aromatic rings. The number of nitrogens with one attached hydrogen (secondary N) is 2. The van der Waals surface area contributed by atoms with Crippen LogP contribution in [0.1, 0.15) is 36.9 Å². The molecule has 0 unspecified atom stereocenters. The molecule has 0 radical (unpaired) electrons. The van der Waals surface area contributed by atoms with Crippen molar-refractivity contribution >= 4 is 28.9 Å². The summed E-state index contributed by atoms with van der Waals surface area (Å²) in [7, 11) is 2.17. The third kappa shape index (κ3) is 4.92. The van der Waals surface area contributed by atoms with Gasteiger partial charge in [0.25, 0.3) is 0 Å². The van der Waals surface area contributed by atoms with Crippen LogP contribution < -0.4 is 10.6 Å². The zero-order valence-corrected chi connectivity index (χ0v) is 20.5. The van der Waals surface area contributed by atoms with Gasteiger partial charge in [0.1, 0.15) is 11.8 Å². The molecule has 9 heteroatoms. The van der Waals surface area contributed by atoms with E-state index in [1.54, 1.807) is 18.5 Å². The molecule has 0 amide bonds. The van der Waals surface area contributed by atoms with Crippen LogP contribution in [-0.2, 0) is 0 Å². The fourth-order valence-electron chi connectivity index (χ4n) is 4.44. The molecule has 1 aliphatic rings. The van der Waals surface area contributed by atoms with Crippen molar-refractivity contribution in [3.8, 4) is 17.5 Å². The van der Waals surface area contributed by atoms with Crippen LogP contribution in [0.25, 0.3) is 17.0 Å². The molecule has 0 spiro atoms. The van der Waals surface area contributed by atoms with Gasteiger partial charge in [-0.25, -0.2) is 15.0 Å². The number of likely N-dealkylation sites (tertiary alicyclic amines) is 1. The van der Waals surface area contributed by atoms with Crippen molar-refractivity contribution < 1.29 is 0 Å². The fourth-order valence-corrected chi connectivity index (χ4v) is 4.66. The molecule has 1 saturated heterocycles. The number of benzene rings is 1. The van der Waals surface area contributed by atoms with Crippen molar-refractivity contribution in [2.75, 3.05) is 30.8 Å². The standard InChI is InChI=1S/C26H27ClN8/c1-17(18-5-3-6-21(13-18)32-20-8-11-34(2)12-9-20)31-26-30-15-19(14-28)24(33-26)23-16-29-25-22(27)7-4-10-35(23)25/h3-7,10,13,15-17,20,32H,8-9,11-12H2,1-2H3,(H,30,31,33)/t17-/m0/s1. The average molecular weight is 487 g/mol. The molecule has 1 atom stereocenters. The second-order valence-electron chi connectivity index (χ2n) is 8.97. The molecule has 4 heterocycles. The quantitative estimate of drug-likeness (QED) is 0.396. The molecule has 8 nitrogen and oxygen atoms in total. The molecule has 0 bridgehead atoms. The van der Waals surface area contributed by atoms with Crippen molar-refractivity contribution in [3.05, 3.63) is 71.1 Å². The Kier molecular flexibility index (Phi) is 6.53. The molecule has 1 fully saturated rings. The third-order valence-corrected chi connectivity index (χ3v) is 6.76. The lowest BCUT2D eigenvalue weighted by Gasteiger charge is -2.30. The van der Waals surface area contributed by atoms with Crippen LogP contribution in [0, 0.1) is 11.3 Å². The number of pyridine rings is 1. The molecular weight excluding hydrogens is 460 g/mol. The summed E-state index contributed by atoms with van der Waals surface area (Å²) in [5.41, 5.74) is 4.41. The lowest BCUT2D eigenvalue weighted by Crippen LogP contribution is -2.36. The van der Waals surface area contributed by atoms with Crippen molar-refractivity contribution in [1.29, 1.82) is 5.26 Å². The largest absolute Gasteiger partial charge is 0.382 e. The highest BCUT2D eigenvalue weighted by Gasteiger charge is 2.18. The van der Waals surface area contributed by atoms with E-state index in [2.05, 4.69) is 74.8 Å². The number of aromatic nitrogens is 4. The zero-order chi connectivity index (χ0) is 24.4. The smallest absolute Gasteiger partial charge is 0.223 e. The van der Waals surface area contributed by atoms with Crippen LogP contribution >= 0.6 is 11.6 Å². The summed E-state index contributed by atoms with van der Waals surface area (Å²) in [4.78, 5) is 15.8. The summed E-state index contributed by atoms with van der Waals surface area (Å²) in [6, 6.07) is 14.7. The van der Waals surface area contributed by atoms with Crippen molar-refractivity contribution in [1.82, 2.24) is 24.3 Å². The summed E-state index contributed by atoms with van der Waals surface area (Å²) < 4.78 is 1.83. The van der Waals surface area contributed by atoms with Crippen molar-refractivity contribution in [2.24, 2.45) is 0 Å². The van der Waals surface area contributed by atoms with E-state index in [9.17, 15) is 5.26 Å². The van der Waals surface area contributed by atoms with Gasteiger partial charge in [-0.1, -0.05) is 23.7 Å². The van der Waals surface area contributed by atoms with E-state index < -0.39 is 0 Å². The highest BCUT2D eigenvalue weighted by Crippen LogP contribution is 2.27. The van der Waals surface area contributed by atoms with Gasteiger partial charge >= 0.3 is 0 Å². The van der Waals surface area contributed by atoms with Gasteiger partial charge in [0.05, 0.1) is 34.7 Å². The first-order chi connectivity index (χ1) is 17.0. The highest BCUT2D eigenvalue weighted by atomic mass is 35.5. The van der Waals surface area contributed by atoms with E-state index in [1.807, 2.05) is 16.7 Å². The zero-order valence-electron chi connectivity index (χ0n) is 19.7. The second kappa shape index (κ2) is 9.90. The van der Waals surface area contributed by atoms with Crippen LogP contribution in [0.3, 0.4) is 0 Å². The summed E-state index contributed by atoms with van der Waals surface area (Å²) in [5.74, 6) is 0.442. The predicted octanol–water partition coefficient (Wildman–Crippen LogP) is 5.00. The van der Waals surface area contributed by atoms with E-state index in [0.717, 1.165) is 37.2 Å². The number of fused-ring (bicyclic) bond motifs is 1. The lowest BCUT2D eigenvalue weighted by atomic mass is 10.0. The van der Waals surface area contributed by atoms with Crippen LogP contribution in [-0.4, -0.2) is 50.4 Å². The average Bonchev–Trinajstić information content (AvgIpc) is 3.31. The summed E-state index contributed by atoms with van der Waals surface area (Å²) in [5, 5.41) is 17.3. The molecule has 0 saturated carbocycles. The van der Waals surface area contributed by atoms with Gasteiger partial charge < -0.3 is 15.5 Å². The topological polar surface area (TPSA) is 94.2 Å². The lowest BCUT2D eigenvalue weighted by molar-refractivity contribution is 0.264. The first-order valence-corrected chi connectivity index (χ1v) is 12.1. The first kappa shape index (κ1) is 23.1. The summed E-state index contributed by atoms with van der Waals surface area (Å²) in [6.07, 6.45) is 7.36. The number of rotatable bonds is 6. The van der Waals surface area contributed by atoms with Crippen molar-refractivity contribution in [3.63, 3.8) is 0 Å². The Bertz CT molecular complexity index is 1380. The molecule has 3 aromatic heterocycles. The van der Waals surface area contributed by atoms with Gasteiger partial charge in [0.15, 0.2) is 5.65 Å². The summed E-state index contributed by atoms with van der Waals surface area (Å²) >= 11 is 6.28. The van der Waals surface area contributed by atoms with Gasteiger partial charge in [-0.3, -0.25) is 4.40 Å². The van der Waals surface area contributed by atoms with E-state index in [0.29, 0.717) is 39.6 Å². The number of nitriles is 1. The van der Waals surface area contributed by atoms with E-state index in [-0.39, 0.29) is 6.04 Å². The molecule has 2 N–H and O–H groups in total. The minimum absolute atomic E-state index is 0.0355. The van der Waals surface area contributed by atoms with Crippen LogP contribution in [0.5, 0.6) is 0 Å². The number of hydrogen-bond donors (Lipinski definition) is 2. The van der Waals surface area contributed by atoms with Gasteiger partial charge in [-0.2, -0.15) is 5.26 Å². The molecular formula is C26H27ClN8. The maximum atomic E-state index is 9.66. The van der Waals surface area contributed by atoms with Gasteiger partial charge in [-0.15, -0.1) is 0 Å². The Morgan fingerprint density at radius 3 is 2.77 bits per heavy atom. The highest BCUT2D eigenvalue weighted by molar-refractivity contribution is 6.33. The Morgan fingerprint density at radius 2 is 1.97 bits per heavy atom. The molecule has 35 heavy (non-hydrogen) atoms. The van der Waals surface area contributed by atoms with Gasteiger partial charge in [0, 0.05) is 17.9 Å². The monoisotopic (exact) mass is 486 g/mol. The van der Waals surface area contributed by atoms with Crippen LogP contribution in [0.4, 0.5) is 11.6 Å². The molecule has 5 rings (SSSR count). The minimum Gasteiger partial charge on any atom is -0.382 e. The number of piperidine rings is 1. The normalized spacial score (nSPS) is 15.6. The number of halogens is 1. The van der Waals surface area contributed by atoms with Gasteiger partial charge in [-0.05, 0) is 69.7 Å². The number of anilines is 2. The minimum atomic E-state index is -0.0355. The Hall–Kier alpha value is -3.67. The van der Waals surface area contributed by atoms with E-state index in [4.69, 9.17) is 11.6 Å². The maximum absolute atomic E-state index is 9.66. The molecule has 0 aliphatic carbocycles. The SMILES string of the molecule is C[C@H](Nc1ncc(C#N)c(-c2cnc3c(Cl)cccn23)n1)c1cccc(NC2CCN(C)CC2)c1. The number of nitrogens with zero attached hydrogens (tertiary/aromatic N) is 6. The third-order valence-electron chi connectivity index (χ3n) is 6.46. The molecule has 1 aliphatic heterocycles. The summed E-state index contributed by atoms with van der Waals surface area (Å²) in [6.45, 7) is 4.31. The Labute approximate surface area is 209 Å². The van der Waals surface area contributed by atoms with Crippen LogP contribution in [0.2, 0.25) is 5.02 Å². The Balaban J connectivity index is 1.37. The van der Waals surface area contributed by atoms with Crippen LogP contribution in [0.15, 0.2) is 55.0 Å².